The van der Waals surface area contributed by atoms with Crippen LogP contribution in [-0.4, -0.2) is 16.1 Å². The Morgan fingerprint density at radius 1 is 1.19 bits per heavy atom. The third-order valence-electron chi connectivity index (χ3n) is 2.83. The first kappa shape index (κ1) is 10.6. The molecule has 3 nitrogen and oxygen atoms in total. The molecule has 0 aliphatic rings. The molecule has 16 heavy (non-hydrogen) atoms. The summed E-state index contributed by atoms with van der Waals surface area (Å²) in [5.74, 6) is -0.923. The van der Waals surface area contributed by atoms with Gasteiger partial charge >= 0.3 is 5.97 Å². The first-order chi connectivity index (χ1) is 7.50. The summed E-state index contributed by atoms with van der Waals surface area (Å²) in [4.78, 5) is 15.4. The summed E-state index contributed by atoms with van der Waals surface area (Å²) in [6.45, 7) is 5.67. The van der Waals surface area contributed by atoms with Gasteiger partial charge in [-0.25, -0.2) is 4.79 Å². The molecule has 0 unspecified atom stereocenters. The van der Waals surface area contributed by atoms with E-state index in [4.69, 9.17) is 5.11 Å². The molecule has 1 N–H and O–H groups in total. The van der Waals surface area contributed by atoms with Gasteiger partial charge in [-0.3, -0.25) is 4.98 Å². The molecular formula is C13H13NO2. The minimum atomic E-state index is -0.923. The number of aromatic carboxylic acids is 1. The van der Waals surface area contributed by atoms with Crippen molar-refractivity contribution in [3.05, 3.63) is 40.6 Å². The van der Waals surface area contributed by atoms with Gasteiger partial charge < -0.3 is 5.11 Å². The second-order valence-corrected chi connectivity index (χ2v) is 4.02. The highest BCUT2D eigenvalue weighted by Crippen LogP contribution is 2.23. The minimum absolute atomic E-state index is 0.279. The number of hydrogen-bond acceptors (Lipinski definition) is 2. The van der Waals surface area contributed by atoms with E-state index in [-0.39, 0.29) is 5.56 Å². The van der Waals surface area contributed by atoms with Crippen molar-refractivity contribution in [2.75, 3.05) is 0 Å². The van der Waals surface area contributed by atoms with Gasteiger partial charge in [-0.1, -0.05) is 12.1 Å². The number of benzene rings is 1. The highest BCUT2D eigenvalue weighted by atomic mass is 16.4. The molecule has 2 rings (SSSR count). The van der Waals surface area contributed by atoms with Crippen LogP contribution in [0.4, 0.5) is 0 Å². The number of hydrogen-bond donors (Lipinski definition) is 1. The van der Waals surface area contributed by atoms with Crippen LogP contribution in [0.2, 0.25) is 0 Å². The van der Waals surface area contributed by atoms with Crippen LogP contribution in [0, 0.1) is 20.8 Å². The molecule has 0 aliphatic heterocycles. The SMILES string of the molecule is Cc1nc2c(C)ccc(C)c2cc1C(=O)O. The quantitative estimate of drug-likeness (QED) is 0.795. The lowest BCUT2D eigenvalue weighted by molar-refractivity contribution is 0.0696. The Hall–Kier alpha value is -1.90. The maximum Gasteiger partial charge on any atom is 0.337 e. The van der Waals surface area contributed by atoms with Crippen LogP contribution in [0.5, 0.6) is 0 Å². The standard InChI is InChI=1S/C13H13NO2/c1-7-4-5-8(2)12-10(7)6-11(13(15)16)9(3)14-12/h4-6H,1-3H3,(H,15,16). The molecule has 0 aliphatic carbocycles. The normalized spacial score (nSPS) is 10.7. The largest absolute Gasteiger partial charge is 0.478 e. The molecule has 2 aromatic rings. The number of rotatable bonds is 1. The molecule has 3 heteroatoms. The Morgan fingerprint density at radius 3 is 2.44 bits per heavy atom. The van der Waals surface area contributed by atoms with Crippen LogP contribution < -0.4 is 0 Å². The van der Waals surface area contributed by atoms with Crippen LogP contribution in [0.1, 0.15) is 27.2 Å². The third-order valence-corrected chi connectivity index (χ3v) is 2.83. The Morgan fingerprint density at radius 2 is 1.81 bits per heavy atom. The van der Waals surface area contributed by atoms with Crippen LogP contribution in [0.3, 0.4) is 0 Å². The zero-order chi connectivity index (χ0) is 11.9. The molecule has 1 aromatic heterocycles. The van der Waals surface area contributed by atoms with Crippen molar-refractivity contribution in [3.8, 4) is 0 Å². The smallest absolute Gasteiger partial charge is 0.337 e. The van der Waals surface area contributed by atoms with Crippen LogP contribution >= 0.6 is 0 Å². The fourth-order valence-corrected chi connectivity index (χ4v) is 1.84. The first-order valence-electron chi connectivity index (χ1n) is 5.11. The van der Waals surface area contributed by atoms with E-state index < -0.39 is 5.97 Å². The maximum atomic E-state index is 11.0. The van der Waals surface area contributed by atoms with Gasteiger partial charge in [0.2, 0.25) is 0 Å². The van der Waals surface area contributed by atoms with Gasteiger partial charge in [0.25, 0.3) is 0 Å². The van der Waals surface area contributed by atoms with E-state index in [9.17, 15) is 4.79 Å². The van der Waals surface area contributed by atoms with Crippen molar-refractivity contribution in [2.24, 2.45) is 0 Å². The van der Waals surface area contributed by atoms with E-state index in [0.717, 1.165) is 22.0 Å². The van der Waals surface area contributed by atoms with E-state index >= 15 is 0 Å². The van der Waals surface area contributed by atoms with E-state index in [2.05, 4.69) is 4.98 Å². The Labute approximate surface area is 93.7 Å². The zero-order valence-corrected chi connectivity index (χ0v) is 9.53. The van der Waals surface area contributed by atoms with Crippen LogP contribution in [0.15, 0.2) is 18.2 Å². The number of carbonyl (C=O) groups is 1. The number of carboxylic acids is 1. The fourth-order valence-electron chi connectivity index (χ4n) is 1.84. The van der Waals surface area contributed by atoms with Crippen LogP contribution in [-0.2, 0) is 0 Å². The van der Waals surface area contributed by atoms with Crippen molar-refractivity contribution in [1.29, 1.82) is 0 Å². The van der Waals surface area contributed by atoms with Gasteiger partial charge in [0.15, 0.2) is 0 Å². The molecule has 0 radical (unpaired) electrons. The Balaban J connectivity index is 2.89. The molecule has 0 spiro atoms. The molecule has 0 amide bonds. The molecule has 0 atom stereocenters. The van der Waals surface area contributed by atoms with Crippen molar-refractivity contribution in [3.63, 3.8) is 0 Å². The number of aryl methyl sites for hydroxylation is 3. The Bertz CT molecular complexity index is 588. The molecule has 0 saturated heterocycles. The van der Waals surface area contributed by atoms with Gasteiger partial charge in [0.1, 0.15) is 0 Å². The second kappa shape index (κ2) is 3.59. The van der Waals surface area contributed by atoms with E-state index in [1.165, 1.54) is 0 Å². The molecule has 0 saturated carbocycles. The first-order valence-corrected chi connectivity index (χ1v) is 5.11. The lowest BCUT2D eigenvalue weighted by atomic mass is 10.0. The maximum absolute atomic E-state index is 11.0. The van der Waals surface area contributed by atoms with Crippen LogP contribution in [0.25, 0.3) is 10.9 Å². The molecule has 0 fully saturated rings. The van der Waals surface area contributed by atoms with Crippen molar-refractivity contribution < 1.29 is 9.90 Å². The highest BCUT2D eigenvalue weighted by molar-refractivity contribution is 5.95. The van der Waals surface area contributed by atoms with Crippen molar-refractivity contribution >= 4 is 16.9 Å². The van der Waals surface area contributed by atoms with Crippen molar-refractivity contribution in [1.82, 2.24) is 4.98 Å². The molecular weight excluding hydrogens is 202 g/mol. The van der Waals surface area contributed by atoms with Gasteiger partial charge in [-0.05, 0) is 38.0 Å². The van der Waals surface area contributed by atoms with Crippen molar-refractivity contribution in [2.45, 2.75) is 20.8 Å². The van der Waals surface area contributed by atoms with E-state index in [1.807, 2.05) is 26.0 Å². The molecule has 0 bridgehead atoms. The summed E-state index contributed by atoms with van der Waals surface area (Å²) in [7, 11) is 0. The van der Waals surface area contributed by atoms with Gasteiger partial charge in [0.05, 0.1) is 16.8 Å². The number of carboxylic acid groups (broad SMARTS) is 1. The predicted octanol–water partition coefficient (Wildman–Crippen LogP) is 2.86. The van der Waals surface area contributed by atoms with Gasteiger partial charge in [-0.15, -0.1) is 0 Å². The third kappa shape index (κ3) is 1.54. The average molecular weight is 215 g/mol. The average Bonchev–Trinajstić information content (AvgIpc) is 2.23. The molecule has 1 aromatic carbocycles. The molecule has 1 heterocycles. The summed E-state index contributed by atoms with van der Waals surface area (Å²) < 4.78 is 0. The second-order valence-electron chi connectivity index (χ2n) is 4.02. The predicted molar refractivity (Wildman–Crippen MR) is 62.9 cm³/mol. The zero-order valence-electron chi connectivity index (χ0n) is 9.53. The minimum Gasteiger partial charge on any atom is -0.478 e. The van der Waals surface area contributed by atoms with Gasteiger partial charge in [-0.2, -0.15) is 0 Å². The number of fused-ring (bicyclic) bond motifs is 1. The number of pyridine rings is 1. The van der Waals surface area contributed by atoms with Gasteiger partial charge in [0, 0.05) is 5.39 Å². The molecule has 82 valence electrons. The summed E-state index contributed by atoms with van der Waals surface area (Å²) in [5.41, 5.74) is 3.86. The highest BCUT2D eigenvalue weighted by Gasteiger charge is 2.11. The lowest BCUT2D eigenvalue weighted by Crippen LogP contribution is -2.03. The summed E-state index contributed by atoms with van der Waals surface area (Å²) >= 11 is 0. The Kier molecular flexibility index (Phi) is 2.38. The topological polar surface area (TPSA) is 50.2 Å². The number of aromatic nitrogens is 1. The monoisotopic (exact) mass is 215 g/mol. The van der Waals surface area contributed by atoms with E-state index in [1.54, 1.807) is 13.0 Å². The summed E-state index contributed by atoms with van der Waals surface area (Å²) in [6.07, 6.45) is 0. The fraction of sp³-hybridized carbons (Fsp3) is 0.231. The summed E-state index contributed by atoms with van der Waals surface area (Å²) in [6, 6.07) is 5.70. The summed E-state index contributed by atoms with van der Waals surface area (Å²) in [5, 5.41) is 9.96. The number of nitrogens with zero attached hydrogens (tertiary/aromatic N) is 1. The lowest BCUT2D eigenvalue weighted by Gasteiger charge is -2.08. The van der Waals surface area contributed by atoms with E-state index in [0.29, 0.717) is 5.69 Å².